The van der Waals surface area contributed by atoms with Crippen LogP contribution in [0.3, 0.4) is 0 Å². The smallest absolute Gasteiger partial charge is 0.143 e. The predicted molar refractivity (Wildman–Crippen MR) is 49.4 cm³/mol. The van der Waals surface area contributed by atoms with Crippen LogP contribution in [0.2, 0.25) is 5.02 Å². The number of fused-ring (bicyclic) bond motifs is 1. The van der Waals surface area contributed by atoms with Gasteiger partial charge in [0.2, 0.25) is 0 Å². The standard InChI is InChI=1S/C8H7ClN3/c9-5-1-2-6-7(3-5)12-8(4-10)11-6/h1-3H,4,10H2. The summed E-state index contributed by atoms with van der Waals surface area (Å²) in [6.45, 7) is 0.367. The van der Waals surface area contributed by atoms with Crippen molar-refractivity contribution in [1.29, 1.82) is 0 Å². The average Bonchev–Trinajstić information content (AvgIpc) is 2.46. The van der Waals surface area contributed by atoms with Gasteiger partial charge in [-0.25, -0.2) is 10.3 Å². The van der Waals surface area contributed by atoms with Gasteiger partial charge in [0.25, 0.3) is 0 Å². The Bertz CT molecular complexity index is 346. The second-order valence-electron chi connectivity index (χ2n) is 2.48. The number of amidine groups is 1. The van der Waals surface area contributed by atoms with E-state index in [2.05, 4.69) is 10.3 Å². The molecule has 0 atom stereocenters. The van der Waals surface area contributed by atoms with Crippen molar-refractivity contribution in [1.82, 2.24) is 5.32 Å². The van der Waals surface area contributed by atoms with Gasteiger partial charge in [-0.15, -0.1) is 0 Å². The van der Waals surface area contributed by atoms with E-state index < -0.39 is 0 Å². The van der Waals surface area contributed by atoms with E-state index in [-0.39, 0.29) is 0 Å². The molecule has 0 fully saturated rings. The molecule has 3 nitrogen and oxygen atoms in total. The minimum Gasteiger partial charge on any atom is -0.324 e. The Labute approximate surface area is 75.2 Å². The highest BCUT2D eigenvalue weighted by Gasteiger charge is 2.13. The molecule has 0 amide bonds. The highest BCUT2D eigenvalue weighted by atomic mass is 35.5. The maximum Gasteiger partial charge on any atom is 0.143 e. The molecule has 4 heteroatoms. The molecule has 1 radical (unpaired) electrons. The second-order valence-corrected chi connectivity index (χ2v) is 2.91. The molecule has 1 aliphatic heterocycles. The number of nitrogens with zero attached hydrogens (tertiary/aromatic N) is 2. The van der Waals surface area contributed by atoms with Gasteiger partial charge in [0.15, 0.2) is 0 Å². The number of hydrogen-bond donors (Lipinski definition) is 1. The van der Waals surface area contributed by atoms with Crippen molar-refractivity contribution in [3.05, 3.63) is 23.2 Å². The summed E-state index contributed by atoms with van der Waals surface area (Å²) in [6, 6.07) is 5.41. The van der Waals surface area contributed by atoms with Crippen molar-refractivity contribution in [3.63, 3.8) is 0 Å². The highest BCUT2D eigenvalue weighted by Crippen LogP contribution is 2.32. The Morgan fingerprint density at radius 2 is 2.17 bits per heavy atom. The summed E-state index contributed by atoms with van der Waals surface area (Å²) >= 11 is 5.77. The van der Waals surface area contributed by atoms with Crippen LogP contribution < -0.4 is 11.1 Å². The predicted octanol–water partition coefficient (Wildman–Crippen LogP) is 1.58. The van der Waals surface area contributed by atoms with Crippen LogP contribution in [-0.4, -0.2) is 12.4 Å². The van der Waals surface area contributed by atoms with Crippen LogP contribution in [0.1, 0.15) is 0 Å². The van der Waals surface area contributed by atoms with Gasteiger partial charge >= 0.3 is 0 Å². The van der Waals surface area contributed by atoms with Crippen molar-refractivity contribution >= 4 is 28.8 Å². The van der Waals surface area contributed by atoms with Crippen LogP contribution in [0, 0.1) is 0 Å². The van der Waals surface area contributed by atoms with Gasteiger partial charge in [-0.2, -0.15) is 0 Å². The topological polar surface area (TPSA) is 52.5 Å². The first-order valence-corrected chi connectivity index (χ1v) is 3.96. The molecule has 0 aliphatic carbocycles. The number of nitrogens with two attached hydrogens (primary N) is 1. The highest BCUT2D eigenvalue weighted by molar-refractivity contribution is 6.31. The molecule has 61 valence electrons. The van der Waals surface area contributed by atoms with Crippen LogP contribution in [-0.2, 0) is 0 Å². The third-order valence-electron chi connectivity index (χ3n) is 1.62. The van der Waals surface area contributed by atoms with E-state index in [1.165, 1.54) is 0 Å². The Morgan fingerprint density at radius 3 is 2.92 bits per heavy atom. The van der Waals surface area contributed by atoms with E-state index in [0.717, 1.165) is 11.4 Å². The molecule has 0 bridgehead atoms. The zero-order valence-electron chi connectivity index (χ0n) is 6.29. The van der Waals surface area contributed by atoms with E-state index in [9.17, 15) is 0 Å². The SMILES string of the molecule is NCC1=Nc2ccc(Cl)cc2[N]1. The fourth-order valence-corrected chi connectivity index (χ4v) is 1.24. The molecule has 0 saturated heterocycles. The molecule has 0 saturated carbocycles. The Kier molecular flexibility index (Phi) is 1.75. The molecule has 1 heterocycles. The van der Waals surface area contributed by atoms with Crippen LogP contribution in [0.25, 0.3) is 0 Å². The van der Waals surface area contributed by atoms with Gasteiger partial charge < -0.3 is 5.73 Å². The molecule has 2 rings (SSSR count). The summed E-state index contributed by atoms with van der Waals surface area (Å²) in [5.74, 6) is 0.660. The van der Waals surface area contributed by atoms with Crippen molar-refractivity contribution < 1.29 is 0 Å². The van der Waals surface area contributed by atoms with E-state index >= 15 is 0 Å². The number of aliphatic imine (C=N–C) groups is 1. The number of halogens is 1. The van der Waals surface area contributed by atoms with Gasteiger partial charge in [-0.3, -0.25) is 0 Å². The molecule has 0 aromatic heterocycles. The third-order valence-corrected chi connectivity index (χ3v) is 1.85. The lowest BCUT2D eigenvalue weighted by Gasteiger charge is -1.95. The lowest BCUT2D eigenvalue weighted by Crippen LogP contribution is -2.18. The normalized spacial score (nSPS) is 13.7. The van der Waals surface area contributed by atoms with E-state index in [4.69, 9.17) is 17.3 Å². The van der Waals surface area contributed by atoms with Gasteiger partial charge in [0.05, 0.1) is 17.9 Å². The maximum absolute atomic E-state index is 5.77. The Balaban J connectivity index is 2.40. The van der Waals surface area contributed by atoms with Crippen LogP contribution in [0.15, 0.2) is 23.2 Å². The van der Waals surface area contributed by atoms with Crippen molar-refractivity contribution in [2.24, 2.45) is 10.7 Å². The molecule has 2 N–H and O–H groups in total. The van der Waals surface area contributed by atoms with Gasteiger partial charge in [-0.1, -0.05) is 11.6 Å². The average molecular weight is 181 g/mol. The zero-order valence-corrected chi connectivity index (χ0v) is 7.04. The number of hydrogen-bond acceptors (Lipinski definition) is 2. The van der Waals surface area contributed by atoms with E-state index in [0.29, 0.717) is 17.4 Å². The molecule has 12 heavy (non-hydrogen) atoms. The van der Waals surface area contributed by atoms with Crippen molar-refractivity contribution in [3.8, 4) is 0 Å². The maximum atomic E-state index is 5.77. The second kappa shape index (κ2) is 2.77. The first-order chi connectivity index (χ1) is 5.79. The van der Waals surface area contributed by atoms with Crippen LogP contribution in [0.5, 0.6) is 0 Å². The van der Waals surface area contributed by atoms with Crippen molar-refractivity contribution in [2.45, 2.75) is 0 Å². The molecule has 0 spiro atoms. The summed E-state index contributed by atoms with van der Waals surface area (Å²) in [7, 11) is 0. The molecule has 1 aromatic rings. The first kappa shape index (κ1) is 7.58. The molecule has 0 unspecified atom stereocenters. The summed E-state index contributed by atoms with van der Waals surface area (Å²) < 4.78 is 0. The largest absolute Gasteiger partial charge is 0.324 e. The first-order valence-electron chi connectivity index (χ1n) is 3.58. The number of rotatable bonds is 1. The van der Waals surface area contributed by atoms with E-state index in [1.54, 1.807) is 12.1 Å². The monoisotopic (exact) mass is 180 g/mol. The zero-order chi connectivity index (χ0) is 8.55. The quantitative estimate of drug-likeness (QED) is 0.701. The van der Waals surface area contributed by atoms with Gasteiger partial charge in [0, 0.05) is 5.02 Å². The van der Waals surface area contributed by atoms with Crippen LogP contribution >= 0.6 is 11.6 Å². The van der Waals surface area contributed by atoms with Crippen LogP contribution in [0.4, 0.5) is 11.4 Å². The number of benzene rings is 1. The summed E-state index contributed by atoms with van der Waals surface area (Å²) in [6.07, 6.45) is 0. The van der Waals surface area contributed by atoms with Gasteiger partial charge in [0.1, 0.15) is 5.84 Å². The van der Waals surface area contributed by atoms with Gasteiger partial charge in [-0.05, 0) is 18.2 Å². The fourth-order valence-electron chi connectivity index (χ4n) is 1.08. The lowest BCUT2D eigenvalue weighted by atomic mass is 10.3. The summed E-state index contributed by atoms with van der Waals surface area (Å²) in [5.41, 5.74) is 7.05. The molecular weight excluding hydrogens is 174 g/mol. The molecule has 1 aliphatic rings. The minimum atomic E-state index is 0.367. The summed E-state index contributed by atoms with van der Waals surface area (Å²) in [4.78, 5) is 4.18. The lowest BCUT2D eigenvalue weighted by molar-refractivity contribution is 1.19. The molecular formula is C8H7ClN3. The molecule has 1 aromatic carbocycles. The van der Waals surface area contributed by atoms with Crippen molar-refractivity contribution in [2.75, 3.05) is 6.54 Å². The Morgan fingerprint density at radius 1 is 1.33 bits per heavy atom. The fraction of sp³-hybridized carbons (Fsp3) is 0.125. The van der Waals surface area contributed by atoms with E-state index in [1.807, 2.05) is 6.07 Å². The third kappa shape index (κ3) is 1.17. The Hall–Kier alpha value is -1.06. The summed E-state index contributed by atoms with van der Waals surface area (Å²) in [5, 5.41) is 4.84. The minimum absolute atomic E-state index is 0.367.